The fourth-order valence-corrected chi connectivity index (χ4v) is 5.55. The molecule has 0 saturated carbocycles. The largest absolute Gasteiger partial charge is 0.359 e. The molecule has 4 rings (SSSR count). The van der Waals surface area contributed by atoms with Gasteiger partial charge < -0.3 is 19.9 Å². The molecule has 0 spiro atoms. The number of rotatable bonds is 9. The maximum Gasteiger partial charge on any atom is 0.228 e. The Morgan fingerprint density at radius 3 is 2.41 bits per heavy atom. The molecule has 0 bridgehead atoms. The Hall–Kier alpha value is -2.97. The van der Waals surface area contributed by atoms with Crippen LogP contribution in [0.4, 0.5) is 5.82 Å². The van der Waals surface area contributed by atoms with Crippen molar-refractivity contribution in [2.45, 2.75) is 50.9 Å². The second kappa shape index (κ2) is 11.0. The number of carbonyl (C=O) groups excluding carboxylic acids is 3. The van der Waals surface area contributed by atoms with E-state index in [1.165, 1.54) is 6.42 Å². The number of aromatic nitrogens is 3. The van der Waals surface area contributed by atoms with Gasteiger partial charge in [0.1, 0.15) is 12.1 Å². The van der Waals surface area contributed by atoms with Crippen molar-refractivity contribution in [2.75, 3.05) is 38.1 Å². The van der Waals surface area contributed by atoms with Crippen LogP contribution in [-0.4, -0.2) is 71.5 Å². The van der Waals surface area contributed by atoms with Gasteiger partial charge in [-0.1, -0.05) is 0 Å². The zero-order chi connectivity index (χ0) is 24.1. The summed E-state index contributed by atoms with van der Waals surface area (Å²) in [5.74, 6) is 1.82. The fourth-order valence-electron chi connectivity index (χ4n) is 5.55. The molecule has 9 nitrogen and oxygen atoms in total. The van der Waals surface area contributed by atoms with E-state index < -0.39 is 5.92 Å². The number of amides is 2. The first kappa shape index (κ1) is 24.2. The molecule has 2 saturated heterocycles. The molecule has 2 aromatic heterocycles. The predicted molar refractivity (Wildman–Crippen MR) is 131 cm³/mol. The first-order valence-electron chi connectivity index (χ1n) is 12.5. The number of pyridine rings is 1. The molecule has 1 unspecified atom stereocenters. The smallest absolute Gasteiger partial charge is 0.228 e. The van der Waals surface area contributed by atoms with Crippen LogP contribution in [0.25, 0.3) is 11.0 Å². The summed E-state index contributed by atoms with van der Waals surface area (Å²) in [6.07, 6.45) is 8.41. The lowest BCUT2D eigenvalue weighted by atomic mass is 9.83. The third-order valence-electron chi connectivity index (χ3n) is 7.57. The maximum atomic E-state index is 12.5. The molecule has 0 aromatic carbocycles. The minimum Gasteiger partial charge on any atom is -0.359 e. The molecule has 1 N–H and O–H groups in total. The predicted octanol–water partition coefficient (Wildman–Crippen LogP) is 2.25. The molecule has 184 valence electrons. The van der Waals surface area contributed by atoms with Gasteiger partial charge in [-0.15, -0.1) is 0 Å². The average Bonchev–Trinajstić information content (AvgIpc) is 3.20. The van der Waals surface area contributed by atoms with Crippen LogP contribution in [0.15, 0.2) is 12.1 Å². The molecule has 34 heavy (non-hydrogen) atoms. The number of aryl methyl sites for hydroxylation is 1. The van der Waals surface area contributed by atoms with Crippen molar-refractivity contribution < 1.29 is 14.4 Å². The van der Waals surface area contributed by atoms with Crippen molar-refractivity contribution >= 4 is 35.5 Å². The molecule has 2 aliphatic heterocycles. The third kappa shape index (κ3) is 5.23. The van der Waals surface area contributed by atoms with Crippen LogP contribution in [0, 0.1) is 11.8 Å². The average molecular weight is 469 g/mol. The van der Waals surface area contributed by atoms with Crippen LogP contribution in [0.5, 0.6) is 0 Å². The van der Waals surface area contributed by atoms with Crippen LogP contribution in [0.3, 0.4) is 0 Å². The molecule has 2 aliphatic rings. The molecular formula is C25H36N6O3. The van der Waals surface area contributed by atoms with Gasteiger partial charge in [-0.05, 0) is 62.5 Å². The van der Waals surface area contributed by atoms with Crippen LogP contribution >= 0.6 is 0 Å². The molecule has 0 radical (unpaired) electrons. The zero-order valence-corrected chi connectivity index (χ0v) is 20.3. The lowest BCUT2D eigenvalue weighted by molar-refractivity contribution is -0.122. The number of hydrogen-bond donors (Lipinski definition) is 1. The van der Waals surface area contributed by atoms with Crippen molar-refractivity contribution in [1.29, 1.82) is 0 Å². The van der Waals surface area contributed by atoms with Gasteiger partial charge in [0.05, 0.1) is 11.6 Å². The van der Waals surface area contributed by atoms with E-state index in [1.54, 1.807) is 11.7 Å². The molecule has 4 heterocycles. The van der Waals surface area contributed by atoms with E-state index in [1.807, 2.05) is 24.1 Å². The number of anilines is 1. The summed E-state index contributed by atoms with van der Waals surface area (Å²) in [4.78, 5) is 43.5. The Kier molecular flexibility index (Phi) is 7.80. The molecule has 0 aliphatic carbocycles. The van der Waals surface area contributed by atoms with E-state index in [4.69, 9.17) is 4.98 Å². The van der Waals surface area contributed by atoms with Gasteiger partial charge in [0.15, 0.2) is 5.65 Å². The lowest BCUT2D eigenvalue weighted by Gasteiger charge is -2.36. The van der Waals surface area contributed by atoms with E-state index in [0.717, 1.165) is 93.2 Å². The number of hydrogen-bond acceptors (Lipinski definition) is 6. The van der Waals surface area contributed by atoms with Gasteiger partial charge in [0.2, 0.25) is 12.3 Å². The lowest BCUT2D eigenvalue weighted by Crippen LogP contribution is -2.37. The van der Waals surface area contributed by atoms with Crippen molar-refractivity contribution in [3.63, 3.8) is 0 Å². The summed E-state index contributed by atoms with van der Waals surface area (Å²) < 4.78 is 1.74. The molecule has 2 aromatic rings. The Bertz CT molecular complexity index is 1010. The van der Waals surface area contributed by atoms with Crippen LogP contribution in [0.2, 0.25) is 0 Å². The van der Waals surface area contributed by atoms with Gasteiger partial charge >= 0.3 is 0 Å². The summed E-state index contributed by atoms with van der Waals surface area (Å²) in [5.41, 5.74) is 1.44. The van der Waals surface area contributed by atoms with Crippen molar-refractivity contribution in [3.8, 4) is 0 Å². The van der Waals surface area contributed by atoms with Crippen LogP contribution in [-0.2, 0) is 21.4 Å². The monoisotopic (exact) mass is 468 g/mol. The van der Waals surface area contributed by atoms with Gasteiger partial charge in [-0.2, -0.15) is 5.10 Å². The van der Waals surface area contributed by atoms with E-state index in [0.29, 0.717) is 18.5 Å². The minimum absolute atomic E-state index is 0.134. The van der Waals surface area contributed by atoms with Crippen LogP contribution < -0.4 is 10.2 Å². The summed E-state index contributed by atoms with van der Waals surface area (Å²) in [7, 11) is 3.46. The highest BCUT2D eigenvalue weighted by molar-refractivity contribution is 5.90. The maximum absolute atomic E-state index is 12.5. The number of fused-ring (bicyclic) bond motifs is 1. The Balaban J connectivity index is 1.41. The highest BCUT2D eigenvalue weighted by Gasteiger charge is 2.28. The van der Waals surface area contributed by atoms with E-state index in [9.17, 15) is 14.4 Å². The fraction of sp³-hybridized carbons (Fsp3) is 0.640. The van der Waals surface area contributed by atoms with Gasteiger partial charge in [0.25, 0.3) is 0 Å². The highest BCUT2D eigenvalue weighted by Crippen LogP contribution is 2.33. The van der Waals surface area contributed by atoms with Crippen molar-refractivity contribution in [3.05, 3.63) is 17.8 Å². The number of nitrogens with one attached hydrogen (secondary N) is 1. The Morgan fingerprint density at radius 1 is 1.12 bits per heavy atom. The SMILES string of the molecule is CNC(=O)C(CCC=O)c1nn(C)c2nc(N3CCC(CC4CCN(C=O)CC4)CC3)ccc12. The van der Waals surface area contributed by atoms with Gasteiger partial charge in [-0.3, -0.25) is 14.3 Å². The number of likely N-dealkylation sites (N-methyl/N-ethyl adjacent to an activating group) is 1. The number of piperidine rings is 2. The number of nitrogens with zero attached hydrogens (tertiary/aromatic N) is 5. The normalized spacial score (nSPS) is 18.8. The van der Waals surface area contributed by atoms with Crippen LogP contribution in [0.1, 0.15) is 56.6 Å². The quantitative estimate of drug-likeness (QED) is 0.567. The minimum atomic E-state index is -0.472. The Morgan fingerprint density at radius 2 is 1.79 bits per heavy atom. The van der Waals surface area contributed by atoms with E-state index in [2.05, 4.69) is 15.3 Å². The molecular weight excluding hydrogens is 432 g/mol. The van der Waals surface area contributed by atoms with Crippen molar-refractivity contribution in [1.82, 2.24) is 25.0 Å². The second-order valence-corrected chi connectivity index (χ2v) is 9.71. The number of likely N-dealkylation sites (tertiary alicyclic amines) is 1. The standard InChI is InChI=1S/C25H36N6O3/c1-26-25(34)21(4-3-15-32)23-20-5-6-22(27-24(20)29(2)28-23)31-13-9-19(10-14-31)16-18-7-11-30(17-33)12-8-18/h5-6,15,17-19,21H,3-4,7-14,16H2,1-2H3,(H,26,34). The summed E-state index contributed by atoms with van der Waals surface area (Å²) >= 11 is 0. The summed E-state index contributed by atoms with van der Waals surface area (Å²) in [6, 6.07) is 4.05. The highest BCUT2D eigenvalue weighted by atomic mass is 16.2. The topological polar surface area (TPSA) is 100 Å². The van der Waals surface area contributed by atoms with Gasteiger partial charge in [-0.25, -0.2) is 4.98 Å². The third-order valence-corrected chi connectivity index (χ3v) is 7.57. The Labute approximate surface area is 200 Å². The molecule has 9 heteroatoms. The van der Waals surface area contributed by atoms with E-state index >= 15 is 0 Å². The first-order chi connectivity index (χ1) is 16.5. The van der Waals surface area contributed by atoms with Crippen molar-refractivity contribution in [2.24, 2.45) is 18.9 Å². The molecule has 1 atom stereocenters. The van der Waals surface area contributed by atoms with E-state index in [-0.39, 0.29) is 5.91 Å². The molecule has 2 fully saturated rings. The summed E-state index contributed by atoms with van der Waals surface area (Å²) in [6.45, 7) is 3.78. The molecule has 2 amide bonds. The number of carbonyl (C=O) groups is 3. The second-order valence-electron chi connectivity index (χ2n) is 9.71. The summed E-state index contributed by atoms with van der Waals surface area (Å²) in [5, 5.41) is 8.18. The first-order valence-corrected chi connectivity index (χ1v) is 12.5. The number of aldehydes is 1. The van der Waals surface area contributed by atoms with Gasteiger partial charge in [0, 0.05) is 52.1 Å². The zero-order valence-electron chi connectivity index (χ0n) is 20.3.